The Kier molecular flexibility index (Phi) is 6.44. The lowest BCUT2D eigenvalue weighted by molar-refractivity contribution is -0.141. The van der Waals surface area contributed by atoms with Crippen molar-refractivity contribution in [1.82, 2.24) is 10.2 Å². The third kappa shape index (κ3) is 4.53. The number of ether oxygens (including phenoxy) is 2. The van der Waals surface area contributed by atoms with Crippen LogP contribution in [-0.2, 0) is 9.59 Å². The molecule has 25 heavy (non-hydrogen) atoms. The van der Waals surface area contributed by atoms with Gasteiger partial charge in [-0.3, -0.25) is 9.59 Å². The fraction of sp³-hybridized carbons (Fsp3) is 0.474. The largest absolute Gasteiger partial charge is 0.493 e. The van der Waals surface area contributed by atoms with Crippen molar-refractivity contribution < 1.29 is 19.1 Å². The molecule has 1 saturated heterocycles. The molecule has 1 aromatic carbocycles. The monoisotopic (exact) mass is 346 g/mol. The molecule has 1 aliphatic heterocycles. The normalized spacial score (nSPS) is 17.7. The third-order valence-electron chi connectivity index (χ3n) is 4.08. The van der Waals surface area contributed by atoms with E-state index in [0.717, 1.165) is 5.56 Å². The molecule has 0 spiro atoms. The number of piperazine rings is 1. The summed E-state index contributed by atoms with van der Waals surface area (Å²) in [6, 6.07) is 5.06. The van der Waals surface area contributed by atoms with Gasteiger partial charge >= 0.3 is 0 Å². The average Bonchev–Trinajstić information content (AvgIpc) is 2.59. The maximum Gasteiger partial charge on any atom is 0.247 e. The lowest BCUT2D eigenvalue weighted by Crippen LogP contribution is -2.58. The zero-order chi connectivity index (χ0) is 18.4. The van der Waals surface area contributed by atoms with Crippen LogP contribution in [0.2, 0.25) is 0 Å². The maximum absolute atomic E-state index is 12.6. The number of nitrogens with zero attached hydrogens (tertiary/aromatic N) is 1. The van der Waals surface area contributed by atoms with Crippen LogP contribution >= 0.6 is 0 Å². The quantitative estimate of drug-likeness (QED) is 0.801. The Hall–Kier alpha value is -2.50. The standard InChI is InChI=1S/C19H26N2O4/c1-5-25-16-12-14(6-8-15(16)24-4)7-9-17(22)21-11-10-20-19(23)18(21)13(2)3/h6-9,12-13,18H,5,10-11H2,1-4H3,(H,20,23). The molecule has 2 rings (SSSR count). The minimum atomic E-state index is -0.430. The van der Waals surface area contributed by atoms with Crippen LogP contribution in [0.15, 0.2) is 24.3 Å². The van der Waals surface area contributed by atoms with E-state index in [2.05, 4.69) is 5.32 Å². The molecule has 6 heteroatoms. The molecule has 1 fully saturated rings. The predicted molar refractivity (Wildman–Crippen MR) is 96.5 cm³/mol. The number of benzene rings is 1. The van der Waals surface area contributed by atoms with E-state index in [0.29, 0.717) is 31.2 Å². The van der Waals surface area contributed by atoms with Crippen LogP contribution in [-0.4, -0.2) is 49.6 Å². The number of amides is 2. The number of hydrogen-bond donors (Lipinski definition) is 1. The molecule has 1 atom stereocenters. The molecule has 1 N–H and O–H groups in total. The molecule has 136 valence electrons. The molecular formula is C19H26N2O4. The Labute approximate surface area is 148 Å². The highest BCUT2D eigenvalue weighted by molar-refractivity contribution is 5.96. The van der Waals surface area contributed by atoms with Crippen LogP contribution in [0.1, 0.15) is 26.3 Å². The lowest BCUT2D eigenvalue weighted by Gasteiger charge is -2.36. The van der Waals surface area contributed by atoms with Crippen LogP contribution in [0.5, 0.6) is 11.5 Å². The zero-order valence-corrected chi connectivity index (χ0v) is 15.2. The van der Waals surface area contributed by atoms with Gasteiger partial charge in [-0.2, -0.15) is 0 Å². The highest BCUT2D eigenvalue weighted by Crippen LogP contribution is 2.28. The van der Waals surface area contributed by atoms with Gasteiger partial charge in [0.25, 0.3) is 0 Å². The summed E-state index contributed by atoms with van der Waals surface area (Å²) in [7, 11) is 1.59. The Bertz CT molecular complexity index is 655. The van der Waals surface area contributed by atoms with Gasteiger partial charge in [-0.25, -0.2) is 0 Å². The molecule has 1 aliphatic rings. The molecule has 0 radical (unpaired) electrons. The highest BCUT2D eigenvalue weighted by Gasteiger charge is 2.34. The van der Waals surface area contributed by atoms with Gasteiger partial charge in [0, 0.05) is 19.2 Å². The van der Waals surface area contributed by atoms with Crippen LogP contribution < -0.4 is 14.8 Å². The van der Waals surface area contributed by atoms with Crippen LogP contribution in [0.3, 0.4) is 0 Å². The van der Waals surface area contributed by atoms with Gasteiger partial charge in [-0.15, -0.1) is 0 Å². The topological polar surface area (TPSA) is 67.9 Å². The van der Waals surface area contributed by atoms with Crippen molar-refractivity contribution in [3.63, 3.8) is 0 Å². The Morgan fingerprint density at radius 3 is 2.80 bits per heavy atom. The van der Waals surface area contributed by atoms with Crippen molar-refractivity contribution in [2.24, 2.45) is 5.92 Å². The predicted octanol–water partition coefficient (Wildman–Crippen LogP) is 2.09. The van der Waals surface area contributed by atoms with E-state index < -0.39 is 6.04 Å². The second-order valence-electron chi connectivity index (χ2n) is 6.19. The molecule has 0 aromatic heterocycles. The van der Waals surface area contributed by atoms with Crippen LogP contribution in [0.4, 0.5) is 0 Å². The van der Waals surface area contributed by atoms with Crippen LogP contribution in [0, 0.1) is 5.92 Å². The highest BCUT2D eigenvalue weighted by atomic mass is 16.5. The number of carbonyl (C=O) groups is 2. The molecule has 0 saturated carbocycles. The lowest BCUT2D eigenvalue weighted by atomic mass is 9.99. The smallest absolute Gasteiger partial charge is 0.247 e. The number of hydrogen-bond acceptors (Lipinski definition) is 4. The second kappa shape index (κ2) is 8.55. The van der Waals surface area contributed by atoms with Crippen molar-refractivity contribution in [3.8, 4) is 11.5 Å². The van der Waals surface area contributed by atoms with E-state index >= 15 is 0 Å². The fourth-order valence-electron chi connectivity index (χ4n) is 2.92. The van der Waals surface area contributed by atoms with Gasteiger partial charge in [0.15, 0.2) is 11.5 Å². The molecule has 1 aromatic rings. The summed E-state index contributed by atoms with van der Waals surface area (Å²) >= 11 is 0. The second-order valence-corrected chi connectivity index (χ2v) is 6.19. The molecule has 2 amide bonds. The summed E-state index contributed by atoms with van der Waals surface area (Å²) in [6.45, 7) is 7.32. The van der Waals surface area contributed by atoms with E-state index in [9.17, 15) is 9.59 Å². The van der Waals surface area contributed by atoms with Crippen LogP contribution in [0.25, 0.3) is 6.08 Å². The zero-order valence-electron chi connectivity index (χ0n) is 15.2. The molecule has 0 bridgehead atoms. The molecular weight excluding hydrogens is 320 g/mol. The van der Waals surface area contributed by atoms with Crippen molar-refractivity contribution in [2.75, 3.05) is 26.8 Å². The van der Waals surface area contributed by atoms with E-state index in [1.165, 1.54) is 6.08 Å². The molecule has 6 nitrogen and oxygen atoms in total. The molecule has 1 heterocycles. The Balaban J connectivity index is 2.16. The van der Waals surface area contributed by atoms with E-state index in [1.807, 2.05) is 32.9 Å². The fourth-order valence-corrected chi connectivity index (χ4v) is 2.92. The third-order valence-corrected chi connectivity index (χ3v) is 4.08. The van der Waals surface area contributed by atoms with Crippen molar-refractivity contribution in [2.45, 2.75) is 26.8 Å². The summed E-state index contributed by atoms with van der Waals surface area (Å²) in [6.07, 6.45) is 3.24. The first-order valence-corrected chi connectivity index (χ1v) is 8.55. The van der Waals surface area contributed by atoms with E-state index in [1.54, 1.807) is 24.2 Å². The Morgan fingerprint density at radius 2 is 2.16 bits per heavy atom. The van der Waals surface area contributed by atoms with Gasteiger partial charge in [-0.1, -0.05) is 19.9 Å². The van der Waals surface area contributed by atoms with Gasteiger partial charge in [0.05, 0.1) is 13.7 Å². The summed E-state index contributed by atoms with van der Waals surface area (Å²) in [5, 5.41) is 2.82. The van der Waals surface area contributed by atoms with E-state index in [-0.39, 0.29) is 17.7 Å². The average molecular weight is 346 g/mol. The van der Waals surface area contributed by atoms with Gasteiger partial charge in [0.2, 0.25) is 11.8 Å². The van der Waals surface area contributed by atoms with Gasteiger partial charge in [0.1, 0.15) is 6.04 Å². The SMILES string of the molecule is CCOc1cc(C=CC(=O)N2CCNC(=O)C2C(C)C)ccc1OC. The first-order chi connectivity index (χ1) is 12.0. The summed E-state index contributed by atoms with van der Waals surface area (Å²) in [5.41, 5.74) is 0.833. The maximum atomic E-state index is 12.6. The number of carbonyl (C=O) groups excluding carboxylic acids is 2. The number of methoxy groups -OCH3 is 1. The summed E-state index contributed by atoms with van der Waals surface area (Å²) in [4.78, 5) is 26.3. The van der Waals surface area contributed by atoms with Crippen molar-refractivity contribution in [3.05, 3.63) is 29.8 Å². The minimum Gasteiger partial charge on any atom is -0.493 e. The number of nitrogens with one attached hydrogen (secondary N) is 1. The van der Waals surface area contributed by atoms with Crippen molar-refractivity contribution >= 4 is 17.9 Å². The van der Waals surface area contributed by atoms with Gasteiger partial charge in [-0.05, 0) is 36.6 Å². The van der Waals surface area contributed by atoms with Crippen molar-refractivity contribution in [1.29, 1.82) is 0 Å². The molecule has 1 unspecified atom stereocenters. The minimum absolute atomic E-state index is 0.0585. The first kappa shape index (κ1) is 18.8. The first-order valence-electron chi connectivity index (χ1n) is 8.55. The summed E-state index contributed by atoms with van der Waals surface area (Å²) < 4.78 is 10.8. The number of rotatable bonds is 6. The molecule has 0 aliphatic carbocycles. The van der Waals surface area contributed by atoms with E-state index in [4.69, 9.17) is 9.47 Å². The Morgan fingerprint density at radius 1 is 1.40 bits per heavy atom. The summed E-state index contributed by atoms with van der Waals surface area (Å²) in [5.74, 6) is 1.09. The van der Waals surface area contributed by atoms with Gasteiger partial charge < -0.3 is 19.7 Å².